The Kier molecular flexibility index (Phi) is 6.90. The summed E-state index contributed by atoms with van der Waals surface area (Å²) in [5, 5.41) is 8.95. The first-order valence-electron chi connectivity index (χ1n) is 5.92. The molecule has 0 unspecified atom stereocenters. The van der Waals surface area contributed by atoms with Crippen molar-refractivity contribution < 1.29 is 14.7 Å². The quantitative estimate of drug-likeness (QED) is 0.669. The molecule has 0 bridgehead atoms. The van der Waals surface area contributed by atoms with Crippen LogP contribution in [0.4, 0.5) is 0 Å². The van der Waals surface area contributed by atoms with E-state index < -0.39 is 5.97 Å². The summed E-state index contributed by atoms with van der Waals surface area (Å²) in [6.45, 7) is 0.682. The third-order valence-corrected chi connectivity index (χ3v) is 3.95. The molecule has 1 aromatic carbocycles. The fourth-order valence-electron chi connectivity index (χ4n) is 1.57. The maximum Gasteiger partial charge on any atom is 0.323 e. The second-order valence-electron chi connectivity index (χ2n) is 4.55. The molecule has 0 saturated heterocycles. The molecule has 7 heteroatoms. The molecule has 1 N–H and O–H groups in total. The van der Waals surface area contributed by atoms with Gasteiger partial charge in [-0.3, -0.25) is 9.59 Å². The largest absolute Gasteiger partial charge is 0.480 e. The average molecular weight is 455 g/mol. The van der Waals surface area contributed by atoms with Gasteiger partial charge in [-0.05, 0) is 70.8 Å². The molecule has 1 rings (SSSR count). The second-order valence-corrected chi connectivity index (χ2v) is 6.65. The average Bonchev–Trinajstić information content (AvgIpc) is 2.36. The number of benzene rings is 1. The topological polar surface area (TPSA) is 60.9 Å². The molecular weight excluding hydrogens is 439 g/mol. The normalized spacial score (nSPS) is 10.7. The van der Waals surface area contributed by atoms with Gasteiger partial charge in [-0.1, -0.05) is 0 Å². The maximum atomic E-state index is 12.5. The van der Waals surface area contributed by atoms with E-state index in [1.165, 1.54) is 4.90 Å². The van der Waals surface area contributed by atoms with Crippen molar-refractivity contribution in [3.8, 4) is 0 Å². The van der Waals surface area contributed by atoms with Gasteiger partial charge in [0.2, 0.25) is 0 Å². The molecule has 0 spiro atoms. The molecule has 0 aliphatic carbocycles. The maximum absolute atomic E-state index is 12.5. The van der Waals surface area contributed by atoms with E-state index in [2.05, 4.69) is 38.5 Å². The van der Waals surface area contributed by atoms with Crippen LogP contribution < -0.4 is 0 Å². The lowest BCUT2D eigenvalue weighted by atomic mass is 10.2. The molecule has 0 aromatic heterocycles. The molecule has 0 aliphatic rings. The van der Waals surface area contributed by atoms with Gasteiger partial charge in [0.15, 0.2) is 0 Å². The van der Waals surface area contributed by atoms with E-state index >= 15 is 0 Å². The highest BCUT2D eigenvalue weighted by atomic mass is 127. The first kappa shape index (κ1) is 17.4. The molecule has 0 fully saturated rings. The van der Waals surface area contributed by atoms with E-state index in [1.54, 1.807) is 12.1 Å². The zero-order valence-electron chi connectivity index (χ0n) is 11.3. The van der Waals surface area contributed by atoms with E-state index in [0.717, 1.165) is 3.57 Å². The van der Waals surface area contributed by atoms with Gasteiger partial charge in [0, 0.05) is 21.1 Å². The Hall–Kier alpha value is -0.670. The molecule has 1 amide bonds. The van der Waals surface area contributed by atoms with Crippen molar-refractivity contribution in [2.75, 3.05) is 33.7 Å². The number of rotatable bonds is 6. The minimum Gasteiger partial charge on any atom is -0.480 e. The Balaban J connectivity index is 2.96. The number of hydrogen-bond donors (Lipinski definition) is 1. The number of aliphatic carboxylic acids is 1. The highest BCUT2D eigenvalue weighted by Crippen LogP contribution is 2.21. The lowest BCUT2D eigenvalue weighted by Crippen LogP contribution is -2.40. The Morgan fingerprint density at radius 1 is 1.30 bits per heavy atom. The molecule has 1 aromatic rings. The number of carbonyl (C=O) groups excluding carboxylic acids is 1. The van der Waals surface area contributed by atoms with Gasteiger partial charge in [-0.2, -0.15) is 0 Å². The number of likely N-dealkylation sites (N-methyl/N-ethyl adjacent to an activating group) is 1. The standard InChI is InChI=1S/C13H16BrIN2O3/c1-16(2)5-6-17(8-12(18)19)13(20)10-7-9(15)3-4-11(10)14/h3-4,7H,5-6,8H2,1-2H3,(H,18,19). The zero-order valence-corrected chi connectivity index (χ0v) is 15.0. The van der Waals surface area contributed by atoms with Gasteiger partial charge in [-0.15, -0.1) is 0 Å². The smallest absolute Gasteiger partial charge is 0.323 e. The van der Waals surface area contributed by atoms with E-state index in [4.69, 9.17) is 5.11 Å². The van der Waals surface area contributed by atoms with Crippen LogP contribution in [0.3, 0.4) is 0 Å². The summed E-state index contributed by atoms with van der Waals surface area (Å²) in [5.74, 6) is -1.29. The fourth-order valence-corrected chi connectivity index (χ4v) is 2.48. The van der Waals surface area contributed by atoms with E-state index in [0.29, 0.717) is 23.1 Å². The lowest BCUT2D eigenvalue weighted by molar-refractivity contribution is -0.137. The van der Waals surface area contributed by atoms with Crippen LogP contribution in [-0.2, 0) is 4.79 Å². The van der Waals surface area contributed by atoms with Gasteiger partial charge < -0.3 is 14.9 Å². The number of amides is 1. The molecule has 5 nitrogen and oxygen atoms in total. The summed E-state index contributed by atoms with van der Waals surface area (Å²) in [6.07, 6.45) is 0. The molecule has 0 atom stereocenters. The Bertz CT molecular complexity index is 508. The van der Waals surface area contributed by atoms with Crippen LogP contribution in [0.1, 0.15) is 10.4 Å². The van der Waals surface area contributed by atoms with E-state index in [9.17, 15) is 9.59 Å². The molecule has 0 heterocycles. The molecule has 0 saturated carbocycles. The van der Waals surface area contributed by atoms with Crippen molar-refractivity contribution in [2.24, 2.45) is 0 Å². The van der Waals surface area contributed by atoms with Gasteiger partial charge in [-0.25, -0.2) is 0 Å². The van der Waals surface area contributed by atoms with Crippen molar-refractivity contribution in [3.63, 3.8) is 0 Å². The van der Waals surface area contributed by atoms with Crippen molar-refractivity contribution >= 4 is 50.4 Å². The highest BCUT2D eigenvalue weighted by Gasteiger charge is 2.20. The number of carboxylic acids is 1. The third kappa shape index (κ3) is 5.37. The molecule has 110 valence electrons. The summed E-state index contributed by atoms with van der Waals surface area (Å²) in [4.78, 5) is 26.7. The van der Waals surface area contributed by atoms with E-state index in [1.807, 2.05) is 25.1 Å². The first-order valence-corrected chi connectivity index (χ1v) is 7.79. The molecule has 0 aliphatic heterocycles. The minimum atomic E-state index is -1.01. The minimum absolute atomic E-state index is 0.278. The number of carbonyl (C=O) groups is 2. The van der Waals surface area contributed by atoms with Crippen LogP contribution in [0, 0.1) is 3.57 Å². The number of halogens is 2. The van der Waals surface area contributed by atoms with Crippen molar-refractivity contribution in [1.29, 1.82) is 0 Å². The SMILES string of the molecule is CN(C)CCN(CC(=O)O)C(=O)c1cc(I)ccc1Br. The van der Waals surface area contributed by atoms with Gasteiger partial charge in [0.05, 0.1) is 5.56 Å². The van der Waals surface area contributed by atoms with Gasteiger partial charge in [0.1, 0.15) is 6.54 Å². The zero-order chi connectivity index (χ0) is 15.3. The van der Waals surface area contributed by atoms with Crippen LogP contribution in [0.2, 0.25) is 0 Å². The monoisotopic (exact) mass is 454 g/mol. The predicted octanol–water partition coefficient (Wildman–Crippen LogP) is 2.14. The first-order chi connectivity index (χ1) is 9.31. The Morgan fingerprint density at radius 3 is 2.50 bits per heavy atom. The summed E-state index contributed by atoms with van der Waals surface area (Å²) in [5.41, 5.74) is 0.483. The predicted molar refractivity (Wildman–Crippen MR) is 89.0 cm³/mol. The van der Waals surface area contributed by atoms with Gasteiger partial charge in [0.25, 0.3) is 5.91 Å². The van der Waals surface area contributed by atoms with Crippen molar-refractivity contribution in [2.45, 2.75) is 0 Å². The summed E-state index contributed by atoms with van der Waals surface area (Å²) in [7, 11) is 3.76. The van der Waals surface area contributed by atoms with Crippen LogP contribution in [0.15, 0.2) is 22.7 Å². The van der Waals surface area contributed by atoms with Crippen LogP contribution >= 0.6 is 38.5 Å². The third-order valence-electron chi connectivity index (χ3n) is 2.59. The number of hydrogen-bond acceptors (Lipinski definition) is 3. The second kappa shape index (κ2) is 7.94. The molecular formula is C13H16BrIN2O3. The fraction of sp³-hybridized carbons (Fsp3) is 0.385. The van der Waals surface area contributed by atoms with Gasteiger partial charge >= 0.3 is 5.97 Å². The number of nitrogens with zero attached hydrogens (tertiary/aromatic N) is 2. The van der Waals surface area contributed by atoms with Crippen LogP contribution in [-0.4, -0.2) is 60.5 Å². The molecule has 0 radical (unpaired) electrons. The highest BCUT2D eigenvalue weighted by molar-refractivity contribution is 14.1. The lowest BCUT2D eigenvalue weighted by Gasteiger charge is -2.23. The Labute approximate surface area is 140 Å². The van der Waals surface area contributed by atoms with Crippen molar-refractivity contribution in [3.05, 3.63) is 31.8 Å². The van der Waals surface area contributed by atoms with Crippen molar-refractivity contribution in [1.82, 2.24) is 9.80 Å². The Morgan fingerprint density at radius 2 is 1.95 bits per heavy atom. The van der Waals surface area contributed by atoms with E-state index in [-0.39, 0.29) is 12.5 Å². The van der Waals surface area contributed by atoms with Crippen LogP contribution in [0.25, 0.3) is 0 Å². The summed E-state index contributed by atoms with van der Waals surface area (Å²) < 4.78 is 1.60. The summed E-state index contributed by atoms with van der Waals surface area (Å²) in [6, 6.07) is 5.42. The summed E-state index contributed by atoms with van der Waals surface area (Å²) >= 11 is 5.46. The number of carboxylic acid groups (broad SMARTS) is 1. The van der Waals surface area contributed by atoms with Crippen LogP contribution in [0.5, 0.6) is 0 Å². The molecule has 20 heavy (non-hydrogen) atoms.